The molecule has 0 fully saturated rings. The predicted octanol–water partition coefficient (Wildman–Crippen LogP) is 1.91. The molecule has 84 valence electrons. The molecule has 1 N–H and O–H groups in total. The van der Waals surface area contributed by atoms with E-state index in [-0.39, 0.29) is 24.5 Å². The molecule has 0 aromatic heterocycles. The molecular weight excluding hydrogens is 208 g/mol. The van der Waals surface area contributed by atoms with Gasteiger partial charge in [-0.2, -0.15) is 0 Å². The molecule has 1 aromatic rings. The molecule has 4 heteroatoms. The first-order valence-corrected chi connectivity index (χ1v) is 5.05. The Balaban J connectivity index is 2.39. The van der Waals surface area contributed by atoms with E-state index in [1.165, 1.54) is 0 Å². The normalized spacial score (nSPS) is 14.1. The van der Waals surface area contributed by atoms with E-state index in [0.717, 1.165) is 0 Å². The fourth-order valence-electron chi connectivity index (χ4n) is 1.54. The van der Waals surface area contributed by atoms with Crippen LogP contribution in [-0.2, 0) is 9.53 Å². The van der Waals surface area contributed by atoms with Crippen molar-refractivity contribution in [2.45, 2.75) is 6.92 Å². The summed E-state index contributed by atoms with van der Waals surface area (Å²) in [4.78, 5) is 11.5. The van der Waals surface area contributed by atoms with E-state index in [2.05, 4.69) is 0 Å². The highest BCUT2D eigenvalue weighted by atomic mass is 16.5. The van der Waals surface area contributed by atoms with Gasteiger partial charge in [0.1, 0.15) is 23.7 Å². The largest absolute Gasteiger partial charge is 0.506 e. The second kappa shape index (κ2) is 4.26. The van der Waals surface area contributed by atoms with Gasteiger partial charge in [-0.25, -0.2) is 4.79 Å². The summed E-state index contributed by atoms with van der Waals surface area (Å²) in [5.74, 6) is -0.0112. The van der Waals surface area contributed by atoms with Gasteiger partial charge in [0.05, 0.1) is 12.2 Å². The maximum absolute atomic E-state index is 11.5. The molecule has 0 aliphatic carbocycles. The van der Waals surface area contributed by atoms with Crippen molar-refractivity contribution in [1.29, 1.82) is 0 Å². The van der Waals surface area contributed by atoms with Gasteiger partial charge in [0, 0.05) is 0 Å². The fourth-order valence-corrected chi connectivity index (χ4v) is 1.54. The summed E-state index contributed by atoms with van der Waals surface area (Å²) in [6.07, 6.45) is 0. The zero-order chi connectivity index (χ0) is 11.5. The van der Waals surface area contributed by atoms with E-state index < -0.39 is 5.97 Å². The summed E-state index contributed by atoms with van der Waals surface area (Å²) in [5, 5.41) is 9.92. The molecule has 0 atom stereocenters. The Hall–Kier alpha value is -1.97. The minimum atomic E-state index is -0.533. The van der Waals surface area contributed by atoms with Crippen LogP contribution in [0.1, 0.15) is 12.5 Å². The number of carbonyl (C=O) groups is 1. The Bertz CT molecular complexity index is 448. The SMILES string of the molecule is CCOC(=O)C1=C(O)c2ccccc2OC1. The Labute approximate surface area is 93.1 Å². The highest BCUT2D eigenvalue weighted by Crippen LogP contribution is 2.31. The number of aliphatic hydroxyl groups excluding tert-OH is 1. The maximum Gasteiger partial charge on any atom is 0.341 e. The van der Waals surface area contributed by atoms with Crippen molar-refractivity contribution in [3.8, 4) is 5.75 Å². The second-order valence-corrected chi connectivity index (χ2v) is 3.33. The lowest BCUT2D eigenvalue weighted by Gasteiger charge is -2.19. The highest BCUT2D eigenvalue weighted by molar-refractivity contribution is 5.97. The van der Waals surface area contributed by atoms with Gasteiger partial charge < -0.3 is 14.6 Å². The first-order chi connectivity index (χ1) is 7.74. The quantitative estimate of drug-likeness (QED) is 0.773. The van der Waals surface area contributed by atoms with Crippen LogP contribution in [-0.4, -0.2) is 24.3 Å². The van der Waals surface area contributed by atoms with Crippen molar-refractivity contribution in [2.24, 2.45) is 0 Å². The molecule has 0 radical (unpaired) electrons. The van der Waals surface area contributed by atoms with Gasteiger partial charge >= 0.3 is 5.97 Å². The monoisotopic (exact) mass is 220 g/mol. The number of para-hydroxylation sites is 1. The number of carbonyl (C=O) groups excluding carboxylic acids is 1. The van der Waals surface area contributed by atoms with Crippen molar-refractivity contribution in [3.63, 3.8) is 0 Å². The summed E-state index contributed by atoms with van der Waals surface area (Å²) in [6, 6.07) is 7.02. The summed E-state index contributed by atoms with van der Waals surface area (Å²) in [5.41, 5.74) is 0.692. The molecule has 1 aliphatic rings. The fraction of sp³-hybridized carbons (Fsp3) is 0.250. The topological polar surface area (TPSA) is 55.8 Å². The van der Waals surface area contributed by atoms with Crippen molar-refractivity contribution < 1.29 is 19.4 Å². The van der Waals surface area contributed by atoms with Gasteiger partial charge in [-0.15, -0.1) is 0 Å². The number of esters is 1. The van der Waals surface area contributed by atoms with E-state index >= 15 is 0 Å². The molecule has 0 saturated carbocycles. The lowest BCUT2D eigenvalue weighted by Crippen LogP contribution is -2.20. The number of aliphatic hydroxyl groups is 1. The van der Waals surface area contributed by atoms with Crippen LogP contribution in [0.2, 0.25) is 0 Å². The number of fused-ring (bicyclic) bond motifs is 1. The van der Waals surface area contributed by atoms with Crippen molar-refractivity contribution >= 4 is 11.7 Å². The third-order valence-electron chi connectivity index (χ3n) is 2.32. The van der Waals surface area contributed by atoms with Crippen LogP contribution in [0.3, 0.4) is 0 Å². The number of benzene rings is 1. The zero-order valence-electron chi connectivity index (χ0n) is 8.90. The van der Waals surface area contributed by atoms with Gasteiger partial charge in [0.2, 0.25) is 0 Å². The lowest BCUT2D eigenvalue weighted by atomic mass is 10.1. The van der Waals surface area contributed by atoms with Crippen LogP contribution < -0.4 is 4.74 Å². The Morgan fingerprint density at radius 2 is 2.25 bits per heavy atom. The van der Waals surface area contributed by atoms with Crippen LogP contribution in [0.15, 0.2) is 29.8 Å². The van der Waals surface area contributed by atoms with E-state index in [4.69, 9.17) is 9.47 Å². The Morgan fingerprint density at radius 3 is 3.00 bits per heavy atom. The van der Waals surface area contributed by atoms with E-state index in [9.17, 15) is 9.90 Å². The average molecular weight is 220 g/mol. The minimum absolute atomic E-state index is 0.0433. The molecule has 0 amide bonds. The smallest absolute Gasteiger partial charge is 0.341 e. The number of ether oxygens (including phenoxy) is 2. The van der Waals surface area contributed by atoms with E-state index in [1.54, 1.807) is 25.1 Å². The average Bonchev–Trinajstić information content (AvgIpc) is 2.30. The third kappa shape index (κ3) is 1.74. The maximum atomic E-state index is 11.5. The number of rotatable bonds is 2. The molecule has 4 nitrogen and oxygen atoms in total. The minimum Gasteiger partial charge on any atom is -0.506 e. The van der Waals surface area contributed by atoms with Crippen molar-refractivity contribution in [1.82, 2.24) is 0 Å². The summed E-state index contributed by atoms with van der Waals surface area (Å²) < 4.78 is 10.2. The molecule has 0 spiro atoms. The van der Waals surface area contributed by atoms with Gasteiger partial charge in [0.25, 0.3) is 0 Å². The number of hydrogen-bond acceptors (Lipinski definition) is 4. The molecule has 0 bridgehead atoms. The number of hydrogen-bond donors (Lipinski definition) is 1. The van der Waals surface area contributed by atoms with Crippen LogP contribution in [0.5, 0.6) is 5.75 Å². The molecule has 2 rings (SSSR count). The molecule has 0 saturated heterocycles. The first kappa shape index (κ1) is 10.5. The van der Waals surface area contributed by atoms with Gasteiger partial charge in [0.15, 0.2) is 0 Å². The van der Waals surface area contributed by atoms with Gasteiger partial charge in [-0.05, 0) is 19.1 Å². The standard InChI is InChI=1S/C12H12O4/c1-2-15-12(14)9-7-16-10-6-4-3-5-8(10)11(9)13/h3-6,13H,2,7H2,1H3. The molecule has 1 aromatic carbocycles. The zero-order valence-corrected chi connectivity index (χ0v) is 8.90. The lowest BCUT2D eigenvalue weighted by molar-refractivity contribution is -0.138. The summed E-state index contributed by atoms with van der Waals surface area (Å²) in [6.45, 7) is 2.03. The third-order valence-corrected chi connectivity index (χ3v) is 2.32. The molecule has 1 aliphatic heterocycles. The van der Waals surface area contributed by atoms with Crippen LogP contribution in [0, 0.1) is 0 Å². The Morgan fingerprint density at radius 1 is 1.50 bits per heavy atom. The van der Waals surface area contributed by atoms with Crippen LogP contribution in [0.25, 0.3) is 5.76 Å². The van der Waals surface area contributed by atoms with E-state index in [0.29, 0.717) is 11.3 Å². The van der Waals surface area contributed by atoms with Crippen molar-refractivity contribution in [2.75, 3.05) is 13.2 Å². The van der Waals surface area contributed by atoms with Crippen molar-refractivity contribution in [3.05, 3.63) is 35.4 Å². The summed E-state index contributed by atoms with van der Waals surface area (Å²) >= 11 is 0. The van der Waals surface area contributed by atoms with Crippen LogP contribution >= 0.6 is 0 Å². The van der Waals surface area contributed by atoms with Gasteiger partial charge in [-0.3, -0.25) is 0 Å². The Kier molecular flexibility index (Phi) is 2.81. The van der Waals surface area contributed by atoms with E-state index in [1.807, 2.05) is 6.07 Å². The van der Waals surface area contributed by atoms with Crippen LogP contribution in [0.4, 0.5) is 0 Å². The predicted molar refractivity (Wildman–Crippen MR) is 58.1 cm³/mol. The molecule has 1 heterocycles. The molecule has 0 unspecified atom stereocenters. The second-order valence-electron chi connectivity index (χ2n) is 3.33. The molecular formula is C12H12O4. The summed E-state index contributed by atoms with van der Waals surface area (Å²) in [7, 11) is 0. The first-order valence-electron chi connectivity index (χ1n) is 5.05. The van der Waals surface area contributed by atoms with Gasteiger partial charge in [-0.1, -0.05) is 12.1 Å². The highest BCUT2D eigenvalue weighted by Gasteiger charge is 2.25. The molecule has 16 heavy (non-hydrogen) atoms.